The monoisotopic (exact) mass is 271 g/mol. The molecular formula is C17H21NO2. The van der Waals surface area contributed by atoms with E-state index in [4.69, 9.17) is 5.73 Å². The number of aliphatic hydroxyl groups excluding tert-OH is 2. The Kier molecular flexibility index (Phi) is 5.30. The van der Waals surface area contributed by atoms with Gasteiger partial charge in [-0.1, -0.05) is 54.6 Å². The van der Waals surface area contributed by atoms with Gasteiger partial charge in [0.05, 0.1) is 6.10 Å². The van der Waals surface area contributed by atoms with Gasteiger partial charge in [-0.15, -0.1) is 0 Å². The molecule has 20 heavy (non-hydrogen) atoms. The molecule has 0 saturated carbocycles. The summed E-state index contributed by atoms with van der Waals surface area (Å²) in [6, 6.07) is 17.9. The number of nitrogens with two attached hydrogens (primary N) is 1. The Morgan fingerprint density at radius 2 is 1.45 bits per heavy atom. The second-order valence-electron chi connectivity index (χ2n) is 4.99. The summed E-state index contributed by atoms with van der Waals surface area (Å²) in [7, 11) is 0. The normalized spacial score (nSPS) is 13.9. The van der Waals surface area contributed by atoms with Crippen molar-refractivity contribution >= 4 is 0 Å². The molecule has 0 aliphatic heterocycles. The fourth-order valence-corrected chi connectivity index (χ4v) is 2.22. The summed E-state index contributed by atoms with van der Waals surface area (Å²) in [5, 5.41) is 19.7. The van der Waals surface area contributed by atoms with Crippen molar-refractivity contribution in [3.8, 4) is 0 Å². The van der Waals surface area contributed by atoms with Gasteiger partial charge in [0.25, 0.3) is 0 Å². The zero-order valence-electron chi connectivity index (χ0n) is 11.4. The number of hydrogen-bond acceptors (Lipinski definition) is 3. The Bertz CT molecular complexity index is 510. The van der Waals surface area contributed by atoms with Gasteiger partial charge < -0.3 is 15.9 Å². The van der Waals surface area contributed by atoms with Crippen LogP contribution in [0.25, 0.3) is 0 Å². The number of benzene rings is 2. The lowest BCUT2D eigenvalue weighted by Gasteiger charge is -2.17. The van der Waals surface area contributed by atoms with E-state index in [0.717, 1.165) is 12.0 Å². The molecule has 0 saturated heterocycles. The van der Waals surface area contributed by atoms with E-state index in [0.29, 0.717) is 13.0 Å². The minimum absolute atomic E-state index is 0.365. The molecule has 0 amide bonds. The molecule has 3 nitrogen and oxygen atoms in total. The fourth-order valence-electron chi connectivity index (χ4n) is 2.22. The van der Waals surface area contributed by atoms with Crippen LogP contribution in [0, 0.1) is 0 Å². The second-order valence-corrected chi connectivity index (χ2v) is 4.99. The van der Waals surface area contributed by atoms with Crippen LogP contribution in [0.5, 0.6) is 0 Å². The first-order valence-electron chi connectivity index (χ1n) is 6.89. The van der Waals surface area contributed by atoms with Gasteiger partial charge in [0, 0.05) is 0 Å². The highest BCUT2D eigenvalue weighted by molar-refractivity contribution is 5.29. The molecule has 2 rings (SSSR count). The van der Waals surface area contributed by atoms with Crippen LogP contribution in [0.15, 0.2) is 54.6 Å². The molecule has 2 unspecified atom stereocenters. The zero-order valence-corrected chi connectivity index (χ0v) is 11.4. The maximum Gasteiger partial charge on any atom is 0.105 e. The lowest BCUT2D eigenvalue weighted by molar-refractivity contribution is 0.0150. The van der Waals surface area contributed by atoms with Crippen LogP contribution in [-0.2, 0) is 6.42 Å². The Hall–Kier alpha value is -1.68. The van der Waals surface area contributed by atoms with Gasteiger partial charge in [0.2, 0.25) is 0 Å². The number of rotatable bonds is 6. The molecule has 0 aromatic heterocycles. The molecule has 0 bridgehead atoms. The summed E-state index contributed by atoms with van der Waals surface area (Å²) >= 11 is 0. The molecule has 4 N–H and O–H groups in total. The van der Waals surface area contributed by atoms with Gasteiger partial charge in [-0.05, 0) is 36.1 Å². The topological polar surface area (TPSA) is 66.5 Å². The smallest absolute Gasteiger partial charge is 0.105 e. The van der Waals surface area contributed by atoms with Crippen LogP contribution in [0.2, 0.25) is 0 Å². The van der Waals surface area contributed by atoms with Gasteiger partial charge in [-0.3, -0.25) is 0 Å². The summed E-state index contributed by atoms with van der Waals surface area (Å²) in [6.45, 7) is 0.365. The first-order chi connectivity index (χ1) is 9.70. The van der Waals surface area contributed by atoms with E-state index in [1.54, 1.807) is 0 Å². The van der Waals surface area contributed by atoms with Crippen LogP contribution in [0.1, 0.15) is 29.2 Å². The minimum atomic E-state index is -0.871. The van der Waals surface area contributed by atoms with E-state index < -0.39 is 12.2 Å². The van der Waals surface area contributed by atoms with E-state index in [1.807, 2.05) is 42.5 Å². The molecule has 0 heterocycles. The van der Waals surface area contributed by atoms with Crippen LogP contribution < -0.4 is 5.73 Å². The quantitative estimate of drug-likeness (QED) is 0.753. The van der Waals surface area contributed by atoms with Crippen LogP contribution in [0.4, 0.5) is 0 Å². The van der Waals surface area contributed by atoms with E-state index in [1.165, 1.54) is 11.1 Å². The van der Waals surface area contributed by atoms with Crippen molar-refractivity contribution in [2.45, 2.75) is 25.0 Å². The molecule has 0 aliphatic rings. The van der Waals surface area contributed by atoms with E-state index in [9.17, 15) is 10.2 Å². The molecule has 2 aromatic carbocycles. The van der Waals surface area contributed by atoms with Gasteiger partial charge in [-0.2, -0.15) is 0 Å². The molecule has 0 radical (unpaired) electrons. The second kappa shape index (κ2) is 7.20. The molecule has 2 atom stereocenters. The number of aliphatic hydroxyl groups is 2. The SMILES string of the molecule is NCCC(O)C(O)c1ccc(Cc2ccccc2)cc1. The van der Waals surface area contributed by atoms with Crippen molar-refractivity contribution in [2.75, 3.05) is 6.54 Å². The maximum atomic E-state index is 10.00. The third kappa shape index (κ3) is 3.90. The van der Waals surface area contributed by atoms with E-state index >= 15 is 0 Å². The highest BCUT2D eigenvalue weighted by atomic mass is 16.3. The molecule has 2 aromatic rings. The zero-order chi connectivity index (χ0) is 14.4. The van der Waals surface area contributed by atoms with Crippen molar-refractivity contribution in [1.82, 2.24) is 0 Å². The highest BCUT2D eigenvalue weighted by Crippen LogP contribution is 2.20. The van der Waals surface area contributed by atoms with Crippen molar-refractivity contribution in [3.05, 3.63) is 71.3 Å². The fraction of sp³-hybridized carbons (Fsp3) is 0.294. The first kappa shape index (κ1) is 14.7. The lowest BCUT2D eigenvalue weighted by atomic mass is 9.98. The average molecular weight is 271 g/mol. The minimum Gasteiger partial charge on any atom is -0.390 e. The van der Waals surface area contributed by atoms with Crippen molar-refractivity contribution < 1.29 is 10.2 Å². The van der Waals surface area contributed by atoms with Gasteiger partial charge in [0.15, 0.2) is 0 Å². The third-order valence-electron chi connectivity index (χ3n) is 3.40. The largest absolute Gasteiger partial charge is 0.390 e. The maximum absolute atomic E-state index is 10.00. The lowest BCUT2D eigenvalue weighted by Crippen LogP contribution is -2.21. The van der Waals surface area contributed by atoms with Gasteiger partial charge in [0.1, 0.15) is 6.10 Å². The molecule has 0 fully saturated rings. The van der Waals surface area contributed by atoms with Crippen LogP contribution in [0.3, 0.4) is 0 Å². The molecular weight excluding hydrogens is 250 g/mol. The molecule has 106 valence electrons. The predicted octanol–water partition coefficient (Wildman–Crippen LogP) is 2.02. The predicted molar refractivity (Wildman–Crippen MR) is 80.3 cm³/mol. The molecule has 3 heteroatoms. The standard InChI is InChI=1S/C17H21NO2/c18-11-10-16(19)17(20)15-8-6-14(7-9-15)12-13-4-2-1-3-5-13/h1-9,16-17,19-20H,10-12,18H2. The average Bonchev–Trinajstić information content (AvgIpc) is 2.48. The first-order valence-corrected chi connectivity index (χ1v) is 6.89. The van der Waals surface area contributed by atoms with Crippen LogP contribution >= 0.6 is 0 Å². The third-order valence-corrected chi connectivity index (χ3v) is 3.40. The summed E-state index contributed by atoms with van der Waals surface area (Å²) in [4.78, 5) is 0. The molecule has 0 aliphatic carbocycles. The molecule has 0 spiro atoms. The van der Waals surface area contributed by atoms with Gasteiger partial charge >= 0.3 is 0 Å². The van der Waals surface area contributed by atoms with Gasteiger partial charge in [-0.25, -0.2) is 0 Å². The van der Waals surface area contributed by atoms with E-state index in [-0.39, 0.29) is 0 Å². The van der Waals surface area contributed by atoms with Crippen LogP contribution in [-0.4, -0.2) is 22.9 Å². The van der Waals surface area contributed by atoms with Crippen molar-refractivity contribution in [3.63, 3.8) is 0 Å². The Morgan fingerprint density at radius 3 is 2.05 bits per heavy atom. The van der Waals surface area contributed by atoms with Crippen molar-refractivity contribution in [1.29, 1.82) is 0 Å². The summed E-state index contributed by atoms with van der Waals surface area (Å²) in [5.74, 6) is 0. The highest BCUT2D eigenvalue weighted by Gasteiger charge is 2.17. The Labute approximate surface area is 119 Å². The summed E-state index contributed by atoms with van der Waals surface area (Å²) in [5.41, 5.74) is 8.54. The van der Waals surface area contributed by atoms with E-state index in [2.05, 4.69) is 12.1 Å². The Morgan fingerprint density at radius 1 is 0.850 bits per heavy atom. The Balaban J connectivity index is 2.03. The summed E-state index contributed by atoms with van der Waals surface area (Å²) < 4.78 is 0. The van der Waals surface area contributed by atoms with Crippen molar-refractivity contribution in [2.24, 2.45) is 5.73 Å². The summed E-state index contributed by atoms with van der Waals surface area (Å²) in [6.07, 6.45) is -0.417. The number of hydrogen-bond donors (Lipinski definition) is 3.